The normalized spacial score (nSPS) is 10.4. The van der Waals surface area contributed by atoms with Crippen LogP contribution in [0.25, 0.3) is 10.6 Å². The largest absolute Gasteiger partial charge is 0.508 e. The Morgan fingerprint density at radius 2 is 2.14 bits per heavy atom. The number of carbonyl (C=O) groups is 2. The molecule has 1 N–H and O–H groups in total. The Bertz CT molecular complexity index is 711. The predicted octanol–water partition coefficient (Wildman–Crippen LogP) is 3.03. The lowest BCUT2D eigenvalue weighted by Gasteiger charge is -2.00. The number of hydrogen-bond donors (Lipinski definition) is 1. The maximum absolute atomic E-state index is 13.8. The highest BCUT2D eigenvalue weighted by Crippen LogP contribution is 2.32. The number of nitrogens with zero attached hydrogens (tertiary/aromatic N) is 1. The summed E-state index contributed by atoms with van der Waals surface area (Å²) < 4.78 is 18.7. The smallest absolute Gasteiger partial charge is 0.358 e. The summed E-state index contributed by atoms with van der Waals surface area (Å²) in [5.41, 5.74) is -0.00678. The van der Waals surface area contributed by atoms with Gasteiger partial charge in [0.1, 0.15) is 21.5 Å². The van der Waals surface area contributed by atoms with Gasteiger partial charge < -0.3 is 9.84 Å². The van der Waals surface area contributed by atoms with E-state index in [2.05, 4.69) is 4.98 Å². The van der Waals surface area contributed by atoms with Gasteiger partial charge in [0, 0.05) is 18.6 Å². The molecule has 0 bridgehead atoms. The number of esters is 1. The Kier molecular flexibility index (Phi) is 4.32. The number of hydrogen-bond acceptors (Lipinski definition) is 6. The maximum Gasteiger partial charge on any atom is 0.358 e. The van der Waals surface area contributed by atoms with Crippen molar-refractivity contribution in [2.45, 2.75) is 13.8 Å². The predicted molar refractivity (Wildman–Crippen MR) is 75.1 cm³/mol. The van der Waals surface area contributed by atoms with Gasteiger partial charge in [0.15, 0.2) is 11.5 Å². The molecule has 7 heteroatoms. The van der Waals surface area contributed by atoms with Crippen LogP contribution in [0.2, 0.25) is 0 Å². The van der Waals surface area contributed by atoms with Gasteiger partial charge in [-0.25, -0.2) is 14.2 Å². The number of aromatic nitrogens is 1. The standard InChI is InChI=1S/C14H12FNO4S/c1-3-20-14(19)11-12(7(2)17)21-13(16-11)9-5-4-8(18)6-10(9)15/h4-6,18H,3H2,1-2H3. The Balaban J connectivity index is 2.53. The summed E-state index contributed by atoms with van der Waals surface area (Å²) in [7, 11) is 0. The van der Waals surface area contributed by atoms with E-state index in [4.69, 9.17) is 4.74 Å². The summed E-state index contributed by atoms with van der Waals surface area (Å²) in [6.07, 6.45) is 0. The van der Waals surface area contributed by atoms with Crippen LogP contribution in [0.3, 0.4) is 0 Å². The van der Waals surface area contributed by atoms with Crippen molar-refractivity contribution < 1.29 is 23.8 Å². The van der Waals surface area contributed by atoms with Crippen molar-refractivity contribution in [1.29, 1.82) is 0 Å². The van der Waals surface area contributed by atoms with Crippen LogP contribution in [0.5, 0.6) is 5.75 Å². The minimum atomic E-state index is -0.718. The number of phenolic OH excluding ortho intramolecular Hbond substituents is 1. The highest BCUT2D eigenvalue weighted by atomic mass is 32.1. The molecule has 5 nitrogen and oxygen atoms in total. The Hall–Kier alpha value is -2.28. The van der Waals surface area contributed by atoms with Crippen molar-refractivity contribution >= 4 is 23.1 Å². The van der Waals surface area contributed by atoms with E-state index in [1.807, 2.05) is 0 Å². The van der Waals surface area contributed by atoms with Crippen LogP contribution < -0.4 is 0 Å². The average molecular weight is 309 g/mol. The number of thiazole rings is 1. The first-order valence-electron chi connectivity index (χ1n) is 6.11. The topological polar surface area (TPSA) is 76.5 Å². The fourth-order valence-corrected chi connectivity index (χ4v) is 2.66. The summed E-state index contributed by atoms with van der Waals surface area (Å²) in [6.45, 7) is 3.09. The molecule has 0 unspecified atom stereocenters. The van der Waals surface area contributed by atoms with Crippen molar-refractivity contribution in [1.82, 2.24) is 4.98 Å². The summed E-state index contributed by atoms with van der Waals surface area (Å²) in [4.78, 5) is 27.5. The molecule has 0 spiro atoms. The monoisotopic (exact) mass is 309 g/mol. The number of carbonyl (C=O) groups excluding carboxylic acids is 2. The zero-order chi connectivity index (χ0) is 15.6. The lowest BCUT2D eigenvalue weighted by molar-refractivity contribution is 0.0517. The van der Waals surface area contributed by atoms with Gasteiger partial charge in [-0.05, 0) is 19.1 Å². The Labute approximate surface area is 124 Å². The van der Waals surface area contributed by atoms with E-state index < -0.39 is 11.8 Å². The number of aromatic hydroxyl groups is 1. The first-order valence-corrected chi connectivity index (χ1v) is 6.93. The van der Waals surface area contributed by atoms with Crippen LogP contribution in [0, 0.1) is 5.82 Å². The van der Waals surface area contributed by atoms with E-state index >= 15 is 0 Å². The molecule has 110 valence electrons. The van der Waals surface area contributed by atoms with Gasteiger partial charge in [0.05, 0.1) is 6.61 Å². The molecule has 2 rings (SSSR count). The van der Waals surface area contributed by atoms with E-state index in [0.29, 0.717) is 0 Å². The second-order valence-corrected chi connectivity index (χ2v) is 5.14. The molecule has 0 fully saturated rings. The van der Waals surface area contributed by atoms with E-state index in [0.717, 1.165) is 17.4 Å². The van der Waals surface area contributed by atoms with Gasteiger partial charge in [-0.3, -0.25) is 4.79 Å². The number of ether oxygens (including phenoxy) is 1. The fourth-order valence-electron chi connectivity index (χ4n) is 1.69. The minimum Gasteiger partial charge on any atom is -0.508 e. The minimum absolute atomic E-state index is 0.107. The highest BCUT2D eigenvalue weighted by molar-refractivity contribution is 7.17. The van der Waals surface area contributed by atoms with Gasteiger partial charge in [-0.1, -0.05) is 0 Å². The molecule has 1 aromatic heterocycles. The molecule has 0 saturated carbocycles. The van der Waals surface area contributed by atoms with E-state index in [-0.39, 0.29) is 39.3 Å². The average Bonchev–Trinajstić information content (AvgIpc) is 2.84. The number of ketones is 1. The van der Waals surface area contributed by atoms with Crippen LogP contribution in [-0.2, 0) is 4.74 Å². The summed E-state index contributed by atoms with van der Waals surface area (Å²) in [5, 5.41) is 9.39. The van der Waals surface area contributed by atoms with Crippen molar-refractivity contribution in [2.24, 2.45) is 0 Å². The first kappa shape index (κ1) is 15.1. The molecule has 0 aliphatic heterocycles. The highest BCUT2D eigenvalue weighted by Gasteiger charge is 2.23. The molecule has 0 amide bonds. The number of halogens is 1. The molecule has 0 aliphatic rings. The van der Waals surface area contributed by atoms with Crippen molar-refractivity contribution in [3.8, 4) is 16.3 Å². The molecular formula is C14H12FNO4S. The summed E-state index contributed by atoms with van der Waals surface area (Å²) in [5.74, 6) is -1.97. The van der Waals surface area contributed by atoms with E-state index in [1.165, 1.54) is 19.1 Å². The second-order valence-electron chi connectivity index (χ2n) is 4.14. The molecule has 1 aromatic carbocycles. The van der Waals surface area contributed by atoms with Crippen LogP contribution in [0.4, 0.5) is 4.39 Å². The fraction of sp³-hybridized carbons (Fsp3) is 0.214. The third-order valence-electron chi connectivity index (χ3n) is 2.60. The molecule has 2 aromatic rings. The maximum atomic E-state index is 13.8. The zero-order valence-electron chi connectivity index (χ0n) is 11.3. The van der Waals surface area contributed by atoms with Crippen LogP contribution in [0.1, 0.15) is 34.0 Å². The second kappa shape index (κ2) is 6.01. The van der Waals surface area contributed by atoms with Gasteiger partial charge >= 0.3 is 5.97 Å². The van der Waals surface area contributed by atoms with Gasteiger partial charge in [-0.15, -0.1) is 11.3 Å². The number of benzene rings is 1. The van der Waals surface area contributed by atoms with Gasteiger partial charge in [0.25, 0.3) is 0 Å². The quantitative estimate of drug-likeness (QED) is 0.694. The van der Waals surface area contributed by atoms with E-state index in [9.17, 15) is 19.1 Å². The SMILES string of the molecule is CCOC(=O)c1nc(-c2ccc(O)cc2F)sc1C(C)=O. The molecule has 0 radical (unpaired) electrons. The number of rotatable bonds is 4. The van der Waals surface area contributed by atoms with Crippen LogP contribution in [0.15, 0.2) is 18.2 Å². The van der Waals surface area contributed by atoms with Crippen molar-refractivity contribution in [3.05, 3.63) is 34.6 Å². The van der Waals surface area contributed by atoms with Gasteiger partial charge in [0.2, 0.25) is 0 Å². The van der Waals surface area contributed by atoms with Crippen LogP contribution in [-0.4, -0.2) is 28.4 Å². The molecule has 0 atom stereocenters. The van der Waals surface area contributed by atoms with Crippen molar-refractivity contribution in [3.63, 3.8) is 0 Å². The number of phenols is 1. The van der Waals surface area contributed by atoms with E-state index in [1.54, 1.807) is 6.92 Å². The molecular weight excluding hydrogens is 297 g/mol. The Morgan fingerprint density at radius 1 is 1.43 bits per heavy atom. The zero-order valence-corrected chi connectivity index (χ0v) is 12.2. The first-order chi connectivity index (χ1) is 9.93. The summed E-state index contributed by atoms with van der Waals surface area (Å²) in [6, 6.07) is 3.58. The third-order valence-corrected chi connectivity index (χ3v) is 3.79. The van der Waals surface area contributed by atoms with Crippen LogP contribution >= 0.6 is 11.3 Å². The third kappa shape index (κ3) is 3.08. The van der Waals surface area contributed by atoms with Gasteiger partial charge in [-0.2, -0.15) is 0 Å². The lowest BCUT2D eigenvalue weighted by atomic mass is 10.2. The molecule has 1 heterocycles. The lowest BCUT2D eigenvalue weighted by Crippen LogP contribution is -2.09. The summed E-state index contributed by atoms with van der Waals surface area (Å²) >= 11 is 0.912. The molecule has 21 heavy (non-hydrogen) atoms. The Morgan fingerprint density at radius 3 is 2.71 bits per heavy atom. The number of Topliss-reactive ketones (excluding diaryl/α,β-unsaturated/α-hetero) is 1. The molecule has 0 saturated heterocycles. The van der Waals surface area contributed by atoms with Crippen molar-refractivity contribution in [2.75, 3.05) is 6.61 Å². The molecule has 0 aliphatic carbocycles.